The number of rotatable bonds is 3. The van der Waals surface area contributed by atoms with Crippen LogP contribution >= 0.6 is 11.6 Å². The molecule has 0 spiro atoms. The third-order valence-electron chi connectivity index (χ3n) is 3.28. The average Bonchev–Trinajstić information content (AvgIpc) is 2.47. The predicted molar refractivity (Wildman–Crippen MR) is 84.1 cm³/mol. The van der Waals surface area contributed by atoms with Gasteiger partial charge in [0.25, 0.3) is 5.91 Å². The van der Waals surface area contributed by atoms with Gasteiger partial charge in [-0.15, -0.1) is 0 Å². The molecule has 1 aliphatic rings. The molecule has 2 aromatic carbocycles. The van der Waals surface area contributed by atoms with Gasteiger partial charge in [0.15, 0.2) is 6.61 Å². The van der Waals surface area contributed by atoms with Crippen molar-refractivity contribution in [3.05, 3.63) is 52.5 Å². The number of nitrogens with one attached hydrogen (secondary N) is 2. The Kier molecular flexibility index (Phi) is 3.71. The van der Waals surface area contributed by atoms with Gasteiger partial charge in [0, 0.05) is 6.54 Å². The molecular formula is C16H15ClN2O2. The first-order valence-corrected chi connectivity index (χ1v) is 7.05. The van der Waals surface area contributed by atoms with Crippen molar-refractivity contribution in [3.8, 4) is 5.75 Å². The van der Waals surface area contributed by atoms with Crippen LogP contribution in [0.25, 0.3) is 0 Å². The highest BCUT2D eigenvalue weighted by molar-refractivity contribution is 6.33. The summed E-state index contributed by atoms with van der Waals surface area (Å²) in [5, 5.41) is 6.79. The first-order chi connectivity index (χ1) is 10.1. The molecule has 2 N–H and O–H groups in total. The third-order valence-corrected chi connectivity index (χ3v) is 3.61. The Morgan fingerprint density at radius 2 is 2.14 bits per heavy atom. The minimum absolute atomic E-state index is 0.0729. The highest BCUT2D eigenvalue weighted by atomic mass is 35.5. The summed E-state index contributed by atoms with van der Waals surface area (Å²) in [6.45, 7) is 2.71. The molecule has 0 fully saturated rings. The Morgan fingerprint density at radius 1 is 1.29 bits per heavy atom. The summed E-state index contributed by atoms with van der Waals surface area (Å²) in [6.07, 6.45) is 0. The van der Waals surface area contributed by atoms with Crippen LogP contribution in [0.1, 0.15) is 11.1 Å². The van der Waals surface area contributed by atoms with E-state index in [0.29, 0.717) is 23.0 Å². The topological polar surface area (TPSA) is 50.4 Å². The molecule has 0 bridgehead atoms. The van der Waals surface area contributed by atoms with E-state index in [1.54, 1.807) is 0 Å². The smallest absolute Gasteiger partial charge is 0.262 e. The highest BCUT2D eigenvalue weighted by Crippen LogP contribution is 2.29. The molecule has 4 nitrogen and oxygen atoms in total. The van der Waals surface area contributed by atoms with Gasteiger partial charge in [-0.2, -0.15) is 0 Å². The van der Waals surface area contributed by atoms with E-state index in [-0.39, 0.29) is 12.5 Å². The second-order valence-corrected chi connectivity index (χ2v) is 5.41. The van der Waals surface area contributed by atoms with E-state index >= 15 is 0 Å². The number of hydrogen-bond donors (Lipinski definition) is 2. The van der Waals surface area contributed by atoms with Gasteiger partial charge in [-0.25, -0.2) is 0 Å². The van der Waals surface area contributed by atoms with E-state index in [9.17, 15) is 4.79 Å². The van der Waals surface area contributed by atoms with Gasteiger partial charge in [0.05, 0.1) is 16.4 Å². The summed E-state index contributed by atoms with van der Waals surface area (Å²) >= 11 is 6.16. The number of anilines is 2. The second-order valence-electron chi connectivity index (χ2n) is 5.00. The molecule has 0 saturated carbocycles. The molecule has 1 aliphatic heterocycles. The molecule has 0 unspecified atom stereocenters. The van der Waals surface area contributed by atoms with Crippen molar-refractivity contribution < 1.29 is 9.53 Å². The maximum Gasteiger partial charge on any atom is 0.262 e. The van der Waals surface area contributed by atoms with Crippen LogP contribution in [0.3, 0.4) is 0 Å². The van der Waals surface area contributed by atoms with Gasteiger partial charge >= 0.3 is 0 Å². The van der Waals surface area contributed by atoms with E-state index in [2.05, 4.69) is 10.6 Å². The minimum Gasteiger partial charge on any atom is -0.482 e. The SMILES string of the molecule is Cc1ccc(Cl)c(NCc2ccc3c(c2)NC(=O)CO3)c1. The van der Waals surface area contributed by atoms with E-state index in [0.717, 1.165) is 16.8 Å². The zero-order valence-corrected chi connectivity index (χ0v) is 12.3. The van der Waals surface area contributed by atoms with Gasteiger partial charge < -0.3 is 15.4 Å². The summed E-state index contributed by atoms with van der Waals surface area (Å²) in [7, 11) is 0. The normalized spacial score (nSPS) is 13.1. The lowest BCUT2D eigenvalue weighted by Gasteiger charge is -2.19. The second kappa shape index (κ2) is 5.66. The summed E-state index contributed by atoms with van der Waals surface area (Å²) in [4.78, 5) is 11.3. The number of aryl methyl sites for hydroxylation is 1. The lowest BCUT2D eigenvalue weighted by Crippen LogP contribution is -2.25. The monoisotopic (exact) mass is 302 g/mol. The van der Waals surface area contributed by atoms with Crippen LogP contribution < -0.4 is 15.4 Å². The Balaban J connectivity index is 1.75. The molecule has 0 atom stereocenters. The predicted octanol–water partition coefficient (Wildman–Crippen LogP) is 3.59. The van der Waals surface area contributed by atoms with Crippen molar-refractivity contribution in [1.82, 2.24) is 0 Å². The van der Waals surface area contributed by atoms with Crippen LogP contribution in [0.15, 0.2) is 36.4 Å². The lowest BCUT2D eigenvalue weighted by atomic mass is 10.1. The maximum absolute atomic E-state index is 11.3. The molecular weight excluding hydrogens is 288 g/mol. The fourth-order valence-corrected chi connectivity index (χ4v) is 2.40. The number of carbonyl (C=O) groups excluding carboxylic acids is 1. The lowest BCUT2D eigenvalue weighted by molar-refractivity contribution is -0.118. The van der Waals surface area contributed by atoms with E-state index in [1.165, 1.54) is 0 Å². The average molecular weight is 303 g/mol. The number of amides is 1. The van der Waals surface area contributed by atoms with Crippen molar-refractivity contribution in [2.24, 2.45) is 0 Å². The van der Waals surface area contributed by atoms with E-state index < -0.39 is 0 Å². The van der Waals surface area contributed by atoms with Crippen LogP contribution in [0.4, 0.5) is 11.4 Å². The summed E-state index contributed by atoms with van der Waals surface area (Å²) in [5.41, 5.74) is 3.79. The molecule has 0 saturated heterocycles. The Bertz CT molecular complexity index is 701. The van der Waals surface area contributed by atoms with Crippen LogP contribution in [-0.2, 0) is 11.3 Å². The maximum atomic E-state index is 11.3. The number of carbonyl (C=O) groups is 1. The zero-order chi connectivity index (χ0) is 14.8. The Morgan fingerprint density at radius 3 is 3.00 bits per heavy atom. The standard InChI is InChI=1S/C16H15ClN2O2/c1-10-2-4-12(17)13(6-10)18-8-11-3-5-15-14(7-11)19-16(20)9-21-15/h2-7,18H,8-9H2,1H3,(H,19,20). The van der Waals surface area contributed by atoms with Gasteiger partial charge in [0.1, 0.15) is 5.75 Å². The van der Waals surface area contributed by atoms with E-state index in [1.807, 2.05) is 43.3 Å². The summed E-state index contributed by atoms with van der Waals surface area (Å²) in [5.74, 6) is 0.571. The third kappa shape index (κ3) is 3.11. The highest BCUT2D eigenvalue weighted by Gasteiger charge is 2.15. The fourth-order valence-electron chi connectivity index (χ4n) is 2.21. The van der Waals surface area contributed by atoms with Gasteiger partial charge in [-0.1, -0.05) is 23.7 Å². The number of hydrogen-bond acceptors (Lipinski definition) is 3. The van der Waals surface area contributed by atoms with Crippen molar-refractivity contribution >= 4 is 28.9 Å². The van der Waals surface area contributed by atoms with Crippen LogP contribution in [0.2, 0.25) is 5.02 Å². The van der Waals surface area contributed by atoms with Crippen molar-refractivity contribution in [2.45, 2.75) is 13.5 Å². The van der Waals surface area contributed by atoms with Gasteiger partial charge in [-0.3, -0.25) is 4.79 Å². The fraction of sp³-hybridized carbons (Fsp3) is 0.188. The molecule has 21 heavy (non-hydrogen) atoms. The first-order valence-electron chi connectivity index (χ1n) is 6.67. The summed E-state index contributed by atoms with van der Waals surface area (Å²) in [6, 6.07) is 11.6. The minimum atomic E-state index is -0.130. The van der Waals surface area contributed by atoms with Gasteiger partial charge in [-0.05, 0) is 42.3 Å². The molecule has 1 heterocycles. The molecule has 0 radical (unpaired) electrons. The molecule has 3 rings (SSSR count). The Labute approximate surface area is 128 Å². The number of benzene rings is 2. The number of fused-ring (bicyclic) bond motifs is 1. The molecule has 0 aromatic heterocycles. The number of ether oxygens (including phenoxy) is 1. The molecule has 0 aliphatic carbocycles. The van der Waals surface area contributed by atoms with Gasteiger partial charge in [0.2, 0.25) is 0 Å². The van der Waals surface area contributed by atoms with Crippen molar-refractivity contribution in [1.29, 1.82) is 0 Å². The van der Waals surface area contributed by atoms with E-state index in [4.69, 9.17) is 16.3 Å². The quantitative estimate of drug-likeness (QED) is 0.911. The molecule has 2 aromatic rings. The molecule has 1 amide bonds. The van der Waals surface area contributed by atoms with Crippen molar-refractivity contribution in [2.75, 3.05) is 17.2 Å². The molecule has 108 valence electrons. The summed E-state index contributed by atoms with van der Waals surface area (Å²) < 4.78 is 5.33. The first kappa shape index (κ1) is 13.8. The van der Waals surface area contributed by atoms with Crippen LogP contribution in [-0.4, -0.2) is 12.5 Å². The van der Waals surface area contributed by atoms with Crippen LogP contribution in [0, 0.1) is 6.92 Å². The zero-order valence-electron chi connectivity index (χ0n) is 11.6. The van der Waals surface area contributed by atoms with Crippen molar-refractivity contribution in [3.63, 3.8) is 0 Å². The molecule has 5 heteroatoms. The van der Waals surface area contributed by atoms with Crippen LogP contribution in [0.5, 0.6) is 5.75 Å². The Hall–Kier alpha value is -2.20. The largest absolute Gasteiger partial charge is 0.482 e. The number of halogens is 1.